The molecule has 1 fully saturated rings. The molecule has 1 saturated carbocycles. The Bertz CT molecular complexity index is 1540. The zero-order chi connectivity index (χ0) is 23.2. The number of rotatable bonds is 3. The second kappa shape index (κ2) is 8.22. The van der Waals surface area contributed by atoms with E-state index in [1.807, 2.05) is 48.1 Å². The molecule has 0 radical (unpaired) electrons. The Morgan fingerprint density at radius 1 is 0.853 bits per heavy atom. The van der Waals surface area contributed by atoms with Gasteiger partial charge < -0.3 is 5.11 Å². The van der Waals surface area contributed by atoms with Crippen molar-refractivity contribution in [3.63, 3.8) is 0 Å². The van der Waals surface area contributed by atoms with Crippen LogP contribution >= 0.6 is 0 Å². The van der Waals surface area contributed by atoms with Crippen LogP contribution in [0.15, 0.2) is 77.9 Å². The zero-order valence-electron chi connectivity index (χ0n) is 19.1. The van der Waals surface area contributed by atoms with Crippen molar-refractivity contribution in [1.82, 2.24) is 19.1 Å². The minimum absolute atomic E-state index is 0.0232. The van der Waals surface area contributed by atoms with Gasteiger partial charge in [0.05, 0.1) is 34.5 Å². The summed E-state index contributed by atoms with van der Waals surface area (Å²) in [7, 11) is 1.81. The van der Waals surface area contributed by atoms with Gasteiger partial charge in [0.25, 0.3) is 0 Å². The number of benzene rings is 2. The van der Waals surface area contributed by atoms with Crippen LogP contribution in [0, 0.1) is 0 Å². The summed E-state index contributed by atoms with van der Waals surface area (Å²) < 4.78 is 3.63. The molecule has 0 bridgehead atoms. The molecule has 1 aliphatic carbocycles. The topological polar surface area (TPSA) is 72.9 Å². The summed E-state index contributed by atoms with van der Waals surface area (Å²) in [6.07, 6.45) is 6.48. The predicted molar refractivity (Wildman–Crippen MR) is 135 cm³/mol. The summed E-state index contributed by atoms with van der Waals surface area (Å²) in [5, 5.41) is 10.9. The van der Waals surface area contributed by atoms with E-state index < -0.39 is 0 Å². The van der Waals surface area contributed by atoms with Crippen molar-refractivity contribution in [3.8, 4) is 22.4 Å². The Kier molecular flexibility index (Phi) is 5.03. The highest BCUT2D eigenvalue weighted by molar-refractivity contribution is 6.04. The first kappa shape index (κ1) is 20.8. The molecule has 1 aliphatic rings. The van der Waals surface area contributed by atoms with Crippen LogP contribution in [0.2, 0.25) is 0 Å². The average molecular weight is 451 g/mol. The first-order valence-electron chi connectivity index (χ1n) is 11.8. The number of aliphatic hydroxyl groups excluding tert-OH is 1. The fourth-order valence-corrected chi connectivity index (χ4v) is 5.21. The highest BCUT2D eigenvalue weighted by Crippen LogP contribution is 2.34. The van der Waals surface area contributed by atoms with Gasteiger partial charge in [-0.1, -0.05) is 42.5 Å². The van der Waals surface area contributed by atoms with Gasteiger partial charge in [-0.2, -0.15) is 0 Å². The zero-order valence-corrected chi connectivity index (χ0v) is 19.1. The molecule has 0 aliphatic heterocycles. The highest BCUT2D eigenvalue weighted by atomic mass is 16.3. The van der Waals surface area contributed by atoms with E-state index in [4.69, 9.17) is 0 Å². The van der Waals surface area contributed by atoms with Gasteiger partial charge >= 0.3 is 5.69 Å². The Hall–Kier alpha value is -3.77. The quantitative estimate of drug-likeness (QED) is 0.415. The summed E-state index contributed by atoms with van der Waals surface area (Å²) in [6.45, 7) is 0. The van der Waals surface area contributed by atoms with Gasteiger partial charge in [0.1, 0.15) is 0 Å². The third kappa shape index (κ3) is 3.42. The van der Waals surface area contributed by atoms with E-state index in [-0.39, 0.29) is 17.8 Å². The second-order valence-electron chi connectivity index (χ2n) is 9.20. The molecule has 0 amide bonds. The number of aryl methyl sites for hydroxylation is 1. The minimum atomic E-state index is -0.265. The molecular weight excluding hydrogens is 424 g/mol. The van der Waals surface area contributed by atoms with Crippen molar-refractivity contribution < 1.29 is 5.11 Å². The molecule has 170 valence electrons. The SMILES string of the molecule is Cn1c(=O)n([C@H]2CC[C@H](O)CC2)c2c3cc(-c4ccc(-c5ccccc5)nc4)ccc3ncc21. The third-order valence-electron chi connectivity index (χ3n) is 7.11. The van der Waals surface area contributed by atoms with Crippen molar-refractivity contribution >= 4 is 21.9 Å². The monoisotopic (exact) mass is 450 g/mol. The summed E-state index contributed by atoms with van der Waals surface area (Å²) >= 11 is 0. The van der Waals surface area contributed by atoms with Crippen LogP contribution in [-0.2, 0) is 7.05 Å². The molecule has 6 heteroatoms. The molecule has 3 heterocycles. The van der Waals surface area contributed by atoms with Crippen LogP contribution in [0.1, 0.15) is 31.7 Å². The molecule has 6 rings (SSSR count). The number of fused-ring (bicyclic) bond motifs is 3. The first-order chi connectivity index (χ1) is 16.6. The van der Waals surface area contributed by atoms with Crippen LogP contribution in [0.4, 0.5) is 0 Å². The molecule has 5 aromatic rings. The largest absolute Gasteiger partial charge is 0.393 e. The number of aromatic nitrogens is 4. The van der Waals surface area contributed by atoms with E-state index in [0.29, 0.717) is 0 Å². The number of pyridine rings is 2. The van der Waals surface area contributed by atoms with E-state index in [2.05, 4.69) is 40.3 Å². The average Bonchev–Trinajstić information content (AvgIpc) is 3.15. The van der Waals surface area contributed by atoms with E-state index in [1.165, 1.54) is 0 Å². The van der Waals surface area contributed by atoms with Gasteiger partial charge in [-0.15, -0.1) is 0 Å². The summed E-state index contributed by atoms with van der Waals surface area (Å²) in [5.74, 6) is 0. The molecular formula is C28H26N4O2. The Labute approximate surface area is 197 Å². The number of hydrogen-bond acceptors (Lipinski definition) is 4. The maximum Gasteiger partial charge on any atom is 0.329 e. The number of hydrogen-bond donors (Lipinski definition) is 1. The smallest absolute Gasteiger partial charge is 0.329 e. The lowest BCUT2D eigenvalue weighted by molar-refractivity contribution is 0.111. The summed E-state index contributed by atoms with van der Waals surface area (Å²) in [6, 6.07) is 20.5. The second-order valence-corrected chi connectivity index (χ2v) is 9.20. The number of aliphatic hydroxyl groups is 1. The molecule has 0 saturated heterocycles. The lowest BCUT2D eigenvalue weighted by Gasteiger charge is -2.26. The van der Waals surface area contributed by atoms with Crippen LogP contribution in [0.5, 0.6) is 0 Å². The Morgan fingerprint density at radius 3 is 2.35 bits per heavy atom. The van der Waals surface area contributed by atoms with E-state index >= 15 is 0 Å². The first-order valence-corrected chi connectivity index (χ1v) is 11.8. The van der Waals surface area contributed by atoms with Crippen molar-refractivity contribution in [2.24, 2.45) is 7.05 Å². The Balaban J connectivity index is 1.49. The number of imidazole rings is 1. The summed E-state index contributed by atoms with van der Waals surface area (Å²) in [5.41, 5.74) is 6.67. The lowest BCUT2D eigenvalue weighted by Crippen LogP contribution is -2.29. The number of nitrogens with zero attached hydrogens (tertiary/aromatic N) is 4. The fourth-order valence-electron chi connectivity index (χ4n) is 5.21. The molecule has 0 unspecified atom stereocenters. The van der Waals surface area contributed by atoms with Gasteiger partial charge in [0.2, 0.25) is 0 Å². The van der Waals surface area contributed by atoms with Gasteiger partial charge in [0, 0.05) is 35.8 Å². The van der Waals surface area contributed by atoms with Crippen LogP contribution < -0.4 is 5.69 Å². The molecule has 1 N–H and O–H groups in total. The maximum atomic E-state index is 13.3. The van der Waals surface area contributed by atoms with Gasteiger partial charge in [0.15, 0.2) is 0 Å². The molecule has 0 atom stereocenters. The third-order valence-corrected chi connectivity index (χ3v) is 7.11. The molecule has 2 aromatic carbocycles. The summed E-state index contributed by atoms with van der Waals surface area (Å²) in [4.78, 5) is 22.6. The van der Waals surface area contributed by atoms with E-state index in [0.717, 1.165) is 70.0 Å². The van der Waals surface area contributed by atoms with Crippen molar-refractivity contribution in [2.75, 3.05) is 0 Å². The van der Waals surface area contributed by atoms with Crippen molar-refractivity contribution in [2.45, 2.75) is 37.8 Å². The Morgan fingerprint density at radius 2 is 1.62 bits per heavy atom. The van der Waals surface area contributed by atoms with E-state index in [9.17, 15) is 9.90 Å². The predicted octanol–water partition coefficient (Wildman–Crippen LogP) is 5.09. The normalized spacial score (nSPS) is 18.5. The minimum Gasteiger partial charge on any atom is -0.393 e. The maximum absolute atomic E-state index is 13.3. The fraction of sp³-hybridized carbons (Fsp3) is 0.250. The highest BCUT2D eigenvalue weighted by Gasteiger charge is 2.26. The molecule has 34 heavy (non-hydrogen) atoms. The van der Waals surface area contributed by atoms with Crippen LogP contribution in [0.25, 0.3) is 44.3 Å². The van der Waals surface area contributed by atoms with Crippen LogP contribution in [-0.4, -0.2) is 30.3 Å². The lowest BCUT2D eigenvalue weighted by atomic mass is 9.92. The van der Waals surface area contributed by atoms with Crippen molar-refractivity contribution in [1.29, 1.82) is 0 Å². The standard InChI is InChI=1S/C28H26N4O2/c1-31-26-17-30-25-14-7-19(20-8-13-24(29-16-20)18-5-3-2-4-6-18)15-23(25)27(26)32(28(31)34)21-9-11-22(33)12-10-21/h2-8,13-17,21-22,33H,9-12H2,1H3/t21-,22-. The molecule has 6 nitrogen and oxygen atoms in total. The van der Waals surface area contributed by atoms with Gasteiger partial charge in [-0.3, -0.25) is 19.1 Å². The van der Waals surface area contributed by atoms with Crippen LogP contribution in [0.3, 0.4) is 0 Å². The van der Waals surface area contributed by atoms with Crippen molar-refractivity contribution in [3.05, 3.63) is 83.5 Å². The van der Waals surface area contributed by atoms with E-state index in [1.54, 1.807) is 10.8 Å². The molecule has 3 aromatic heterocycles. The molecule has 0 spiro atoms. The van der Waals surface area contributed by atoms with Gasteiger partial charge in [-0.25, -0.2) is 4.79 Å². The van der Waals surface area contributed by atoms with Gasteiger partial charge in [-0.05, 0) is 49.4 Å².